The molecule has 0 aliphatic rings. The van der Waals surface area contributed by atoms with Gasteiger partial charge in [0.1, 0.15) is 11.8 Å². The van der Waals surface area contributed by atoms with Gasteiger partial charge in [-0.1, -0.05) is 68.4 Å². The summed E-state index contributed by atoms with van der Waals surface area (Å²) in [7, 11) is 1.71. The molecule has 0 fully saturated rings. The van der Waals surface area contributed by atoms with Gasteiger partial charge in [0.15, 0.2) is 0 Å². The molecule has 0 saturated carbocycles. The Kier molecular flexibility index (Phi) is 5.38. The number of carbonyl (C=O) groups is 1. The number of aromatic carboxylic acids is 1. The molecule has 3 rings (SSSR count). The number of nitriles is 1. The number of benzene rings is 2. The van der Waals surface area contributed by atoms with E-state index in [1.807, 2.05) is 68.4 Å². The lowest BCUT2D eigenvalue weighted by molar-refractivity contribution is 0.0686. The second-order valence-electron chi connectivity index (χ2n) is 6.49. The fraction of sp³-hybridized carbons (Fsp3) is 0.182. The van der Waals surface area contributed by atoms with Crippen LogP contribution in [-0.2, 0) is 7.05 Å². The van der Waals surface area contributed by atoms with Gasteiger partial charge in [-0.15, -0.1) is 11.8 Å². The quantitative estimate of drug-likeness (QED) is 0.603. The lowest BCUT2D eigenvalue weighted by Gasteiger charge is -2.07. The van der Waals surface area contributed by atoms with Crippen molar-refractivity contribution in [3.05, 3.63) is 65.9 Å². The van der Waals surface area contributed by atoms with Crippen LogP contribution >= 0.6 is 11.8 Å². The van der Waals surface area contributed by atoms with Gasteiger partial charge in [-0.3, -0.25) is 0 Å². The zero-order valence-corrected chi connectivity index (χ0v) is 16.2. The molecule has 1 heterocycles. The van der Waals surface area contributed by atoms with Crippen LogP contribution in [0.25, 0.3) is 22.3 Å². The molecule has 1 aromatic heterocycles. The molecule has 27 heavy (non-hydrogen) atoms. The number of rotatable bonds is 5. The third-order valence-electron chi connectivity index (χ3n) is 4.28. The maximum absolute atomic E-state index is 11.9. The number of aromatic nitrogens is 1. The largest absolute Gasteiger partial charge is 0.477 e. The van der Waals surface area contributed by atoms with Gasteiger partial charge in [0, 0.05) is 17.9 Å². The Balaban J connectivity index is 2.16. The van der Waals surface area contributed by atoms with E-state index in [9.17, 15) is 15.2 Å². The van der Waals surface area contributed by atoms with Crippen LogP contribution in [0.4, 0.5) is 0 Å². The van der Waals surface area contributed by atoms with Gasteiger partial charge >= 0.3 is 5.97 Å². The van der Waals surface area contributed by atoms with E-state index in [4.69, 9.17) is 0 Å². The van der Waals surface area contributed by atoms with Crippen molar-refractivity contribution >= 4 is 17.7 Å². The number of hydrogen-bond donors (Lipinski definition) is 1. The molecular formula is C22H20N2O2S. The van der Waals surface area contributed by atoms with Crippen LogP contribution in [0.15, 0.2) is 59.6 Å². The van der Waals surface area contributed by atoms with Crippen LogP contribution in [0.5, 0.6) is 0 Å². The van der Waals surface area contributed by atoms with Crippen LogP contribution in [0, 0.1) is 11.3 Å². The van der Waals surface area contributed by atoms with Crippen molar-refractivity contribution in [3.63, 3.8) is 0 Å². The Morgan fingerprint density at radius 3 is 2.11 bits per heavy atom. The lowest BCUT2D eigenvalue weighted by Crippen LogP contribution is -2.07. The Labute approximate surface area is 163 Å². The number of carboxylic acid groups (broad SMARTS) is 1. The minimum atomic E-state index is -1.04. The minimum absolute atomic E-state index is 0.141. The predicted octanol–water partition coefficient (Wildman–Crippen LogP) is 5.43. The highest BCUT2D eigenvalue weighted by Gasteiger charge is 2.27. The minimum Gasteiger partial charge on any atom is -0.477 e. The second-order valence-corrected chi connectivity index (χ2v) is 8.05. The Hall–Kier alpha value is -2.97. The van der Waals surface area contributed by atoms with Crippen LogP contribution in [-0.4, -0.2) is 20.9 Å². The molecule has 0 radical (unpaired) electrons. The van der Waals surface area contributed by atoms with E-state index in [0.29, 0.717) is 16.2 Å². The highest BCUT2D eigenvalue weighted by Crippen LogP contribution is 2.38. The van der Waals surface area contributed by atoms with Crippen LogP contribution in [0.1, 0.15) is 29.9 Å². The van der Waals surface area contributed by atoms with Crippen molar-refractivity contribution in [3.8, 4) is 28.3 Å². The molecule has 0 aliphatic carbocycles. The molecule has 0 aliphatic heterocycles. The zero-order valence-electron chi connectivity index (χ0n) is 15.4. The van der Waals surface area contributed by atoms with E-state index in [1.165, 1.54) is 11.8 Å². The first kappa shape index (κ1) is 18.8. The van der Waals surface area contributed by atoms with Crippen LogP contribution in [0.2, 0.25) is 0 Å². The fourth-order valence-electron chi connectivity index (χ4n) is 3.12. The summed E-state index contributed by atoms with van der Waals surface area (Å²) in [6.45, 7) is 4.04. The summed E-state index contributed by atoms with van der Waals surface area (Å²) in [6.07, 6.45) is 0. The van der Waals surface area contributed by atoms with Crippen LogP contribution < -0.4 is 0 Å². The number of nitrogens with zero attached hydrogens (tertiary/aromatic N) is 2. The molecule has 4 nitrogen and oxygen atoms in total. The molecule has 5 heteroatoms. The van der Waals surface area contributed by atoms with Crippen LogP contribution in [0.3, 0.4) is 0 Å². The molecular weight excluding hydrogens is 356 g/mol. The van der Waals surface area contributed by atoms with Gasteiger partial charge in [0.25, 0.3) is 0 Å². The highest BCUT2D eigenvalue weighted by atomic mass is 32.2. The molecule has 0 saturated heterocycles. The summed E-state index contributed by atoms with van der Waals surface area (Å²) in [6, 6.07) is 19.9. The molecule has 0 unspecified atom stereocenters. The summed E-state index contributed by atoms with van der Waals surface area (Å²) in [5.41, 5.74) is 3.91. The second kappa shape index (κ2) is 7.73. The lowest BCUT2D eigenvalue weighted by atomic mass is 9.98. The summed E-state index contributed by atoms with van der Waals surface area (Å²) in [5, 5.41) is 20.4. The molecule has 3 aromatic rings. The van der Waals surface area contributed by atoms with Gasteiger partial charge in [-0.2, -0.15) is 5.26 Å². The standard InChI is InChI=1S/C22H20N2O2S/c1-14(2)27-21-18(13-23)19(20(22(25)26)24(21)3)17-11-9-16(10-12-17)15-7-5-4-6-8-15/h4-12,14H,1-3H3,(H,25,26). The average Bonchev–Trinajstić information content (AvgIpc) is 2.94. The van der Waals surface area contributed by atoms with Gasteiger partial charge in [-0.05, 0) is 16.7 Å². The third-order valence-corrected chi connectivity index (χ3v) is 5.46. The van der Waals surface area contributed by atoms with Gasteiger partial charge < -0.3 is 9.67 Å². The molecule has 0 spiro atoms. The fourth-order valence-corrected chi connectivity index (χ4v) is 4.08. The highest BCUT2D eigenvalue weighted by molar-refractivity contribution is 7.99. The van der Waals surface area contributed by atoms with Crippen molar-refractivity contribution in [2.45, 2.75) is 24.1 Å². The van der Waals surface area contributed by atoms with Crippen molar-refractivity contribution < 1.29 is 9.90 Å². The summed E-state index contributed by atoms with van der Waals surface area (Å²) >= 11 is 1.50. The summed E-state index contributed by atoms with van der Waals surface area (Å²) in [4.78, 5) is 11.9. The zero-order chi connectivity index (χ0) is 19.6. The van der Waals surface area contributed by atoms with E-state index in [-0.39, 0.29) is 10.9 Å². The predicted molar refractivity (Wildman–Crippen MR) is 109 cm³/mol. The molecule has 0 atom stereocenters. The molecule has 136 valence electrons. The van der Waals surface area contributed by atoms with Crippen molar-refractivity contribution in [1.82, 2.24) is 4.57 Å². The van der Waals surface area contributed by atoms with Crippen molar-refractivity contribution in [1.29, 1.82) is 5.26 Å². The molecule has 0 bridgehead atoms. The number of carboxylic acids is 1. The summed E-state index contributed by atoms with van der Waals surface area (Å²) in [5.74, 6) is -1.04. The van der Waals surface area contributed by atoms with E-state index in [1.54, 1.807) is 11.6 Å². The first-order valence-electron chi connectivity index (χ1n) is 8.62. The van der Waals surface area contributed by atoms with Crippen molar-refractivity contribution in [2.24, 2.45) is 7.05 Å². The van der Waals surface area contributed by atoms with E-state index >= 15 is 0 Å². The molecule has 2 aromatic carbocycles. The summed E-state index contributed by atoms with van der Waals surface area (Å²) < 4.78 is 1.62. The first-order valence-corrected chi connectivity index (χ1v) is 9.50. The van der Waals surface area contributed by atoms with Gasteiger partial charge in [0.05, 0.1) is 10.6 Å². The normalized spacial score (nSPS) is 10.8. The SMILES string of the molecule is CC(C)Sc1c(C#N)c(-c2ccc(-c3ccccc3)cc2)c(C(=O)O)n1C. The van der Waals surface area contributed by atoms with E-state index in [0.717, 1.165) is 16.7 Å². The molecule has 0 amide bonds. The molecule has 1 N–H and O–H groups in total. The third kappa shape index (κ3) is 3.62. The smallest absolute Gasteiger partial charge is 0.353 e. The topological polar surface area (TPSA) is 66.0 Å². The van der Waals surface area contributed by atoms with Crippen molar-refractivity contribution in [2.75, 3.05) is 0 Å². The average molecular weight is 376 g/mol. The Morgan fingerprint density at radius 2 is 1.59 bits per heavy atom. The van der Waals surface area contributed by atoms with Gasteiger partial charge in [-0.25, -0.2) is 4.79 Å². The maximum Gasteiger partial charge on any atom is 0.353 e. The monoisotopic (exact) mass is 376 g/mol. The number of hydrogen-bond acceptors (Lipinski definition) is 3. The van der Waals surface area contributed by atoms with Gasteiger partial charge in [0.2, 0.25) is 0 Å². The van der Waals surface area contributed by atoms with E-state index < -0.39 is 5.97 Å². The van der Waals surface area contributed by atoms with E-state index in [2.05, 4.69) is 6.07 Å². The Bertz CT molecular complexity index is 1010. The maximum atomic E-state index is 11.9. The number of thioether (sulfide) groups is 1. The Morgan fingerprint density at radius 1 is 1.04 bits per heavy atom. The first-order chi connectivity index (χ1) is 12.9.